The van der Waals surface area contributed by atoms with Gasteiger partial charge in [-0.1, -0.05) is 0 Å². The quantitative estimate of drug-likeness (QED) is 0.863. The number of aromatic nitrogens is 1. The van der Waals surface area contributed by atoms with Gasteiger partial charge in [0, 0.05) is 45.4 Å². The minimum Gasteiger partial charge on any atom is -0.352 e. The van der Waals surface area contributed by atoms with Crippen molar-refractivity contribution in [1.29, 1.82) is 0 Å². The summed E-state index contributed by atoms with van der Waals surface area (Å²) in [4.78, 5) is 25.0. The van der Waals surface area contributed by atoms with E-state index in [1.165, 1.54) is 0 Å². The van der Waals surface area contributed by atoms with Crippen molar-refractivity contribution >= 4 is 5.91 Å². The molecule has 1 saturated heterocycles. The van der Waals surface area contributed by atoms with E-state index in [4.69, 9.17) is 0 Å². The fraction of sp³-hybridized carbons (Fsp3) is 0.571. The third-order valence-electron chi connectivity index (χ3n) is 3.49. The molecule has 1 aromatic rings. The molecular formula is C14H21N3O2. The normalized spacial score (nSPS) is 20.2. The third kappa shape index (κ3) is 3.92. The number of hydrogen-bond acceptors (Lipinski definition) is 3. The summed E-state index contributed by atoms with van der Waals surface area (Å²) in [5.41, 5.74) is 1.06. The molecule has 0 bridgehead atoms. The van der Waals surface area contributed by atoms with Gasteiger partial charge < -0.3 is 9.88 Å². The van der Waals surface area contributed by atoms with Crippen LogP contribution in [-0.2, 0) is 18.4 Å². The average molecular weight is 263 g/mol. The number of likely N-dealkylation sites (tertiary alicyclic amines) is 1. The summed E-state index contributed by atoms with van der Waals surface area (Å²) in [7, 11) is 1.75. The highest BCUT2D eigenvalue weighted by Crippen LogP contribution is 2.13. The van der Waals surface area contributed by atoms with Crippen molar-refractivity contribution in [1.82, 2.24) is 14.8 Å². The van der Waals surface area contributed by atoms with E-state index in [0.29, 0.717) is 0 Å². The summed E-state index contributed by atoms with van der Waals surface area (Å²) < 4.78 is 1.57. The van der Waals surface area contributed by atoms with E-state index < -0.39 is 0 Å². The highest BCUT2D eigenvalue weighted by Gasteiger charge is 2.20. The van der Waals surface area contributed by atoms with E-state index in [-0.39, 0.29) is 17.5 Å². The summed E-state index contributed by atoms with van der Waals surface area (Å²) in [6, 6.07) is 3.89. The Labute approximate surface area is 113 Å². The molecule has 1 amide bonds. The van der Waals surface area contributed by atoms with Crippen LogP contribution in [0.4, 0.5) is 0 Å². The first-order valence-corrected chi connectivity index (χ1v) is 6.69. The number of aryl methyl sites for hydroxylation is 1. The molecule has 0 spiro atoms. The van der Waals surface area contributed by atoms with Crippen LogP contribution in [0.15, 0.2) is 23.1 Å². The van der Waals surface area contributed by atoms with Gasteiger partial charge in [-0.15, -0.1) is 0 Å². The zero-order valence-electron chi connectivity index (χ0n) is 11.6. The van der Waals surface area contributed by atoms with Gasteiger partial charge in [0.1, 0.15) is 0 Å². The first kappa shape index (κ1) is 13.8. The molecular weight excluding hydrogens is 242 g/mol. The Kier molecular flexibility index (Phi) is 4.37. The molecule has 1 aliphatic rings. The van der Waals surface area contributed by atoms with Crippen molar-refractivity contribution in [3.63, 3.8) is 0 Å². The van der Waals surface area contributed by atoms with Crippen molar-refractivity contribution in [3.05, 3.63) is 34.2 Å². The van der Waals surface area contributed by atoms with Crippen LogP contribution < -0.4 is 10.9 Å². The molecule has 1 aromatic heterocycles. The minimum absolute atomic E-state index is 0.0212. The number of carbonyl (C=O) groups excluding carboxylic acids is 1. The fourth-order valence-corrected chi connectivity index (χ4v) is 2.55. The SMILES string of the molecule is CC(=O)NC1CCCN(Cc2ccn(C)c(=O)c2)C1. The predicted octanol–water partition coefficient (Wildman–Crippen LogP) is 0.486. The van der Waals surface area contributed by atoms with E-state index in [1.54, 1.807) is 30.8 Å². The smallest absolute Gasteiger partial charge is 0.250 e. The Balaban J connectivity index is 1.96. The first-order chi connectivity index (χ1) is 9.04. The molecule has 19 heavy (non-hydrogen) atoms. The topological polar surface area (TPSA) is 54.3 Å². The molecule has 1 unspecified atom stereocenters. The fourth-order valence-electron chi connectivity index (χ4n) is 2.55. The zero-order chi connectivity index (χ0) is 13.8. The third-order valence-corrected chi connectivity index (χ3v) is 3.49. The van der Waals surface area contributed by atoms with Crippen LogP contribution in [0.1, 0.15) is 25.3 Å². The number of piperidine rings is 1. The summed E-state index contributed by atoms with van der Waals surface area (Å²) in [6.45, 7) is 4.20. The number of nitrogens with zero attached hydrogens (tertiary/aromatic N) is 2. The highest BCUT2D eigenvalue weighted by molar-refractivity contribution is 5.73. The molecule has 5 nitrogen and oxygen atoms in total. The standard InChI is InChI=1S/C14H21N3O2/c1-11(18)15-13-4-3-6-17(10-13)9-12-5-7-16(2)14(19)8-12/h5,7-8,13H,3-4,6,9-10H2,1-2H3,(H,15,18). The molecule has 1 aliphatic heterocycles. The molecule has 104 valence electrons. The van der Waals surface area contributed by atoms with Crippen LogP contribution in [-0.4, -0.2) is 34.5 Å². The van der Waals surface area contributed by atoms with Crippen LogP contribution in [0.5, 0.6) is 0 Å². The first-order valence-electron chi connectivity index (χ1n) is 6.69. The Morgan fingerprint density at radius 2 is 2.32 bits per heavy atom. The summed E-state index contributed by atoms with van der Waals surface area (Å²) >= 11 is 0. The van der Waals surface area contributed by atoms with Crippen LogP contribution in [0, 0.1) is 0 Å². The van der Waals surface area contributed by atoms with Crippen LogP contribution in [0.25, 0.3) is 0 Å². The van der Waals surface area contributed by atoms with Gasteiger partial charge >= 0.3 is 0 Å². The minimum atomic E-state index is 0.0212. The molecule has 1 N–H and O–H groups in total. The lowest BCUT2D eigenvalue weighted by Gasteiger charge is -2.32. The molecule has 0 aromatic carbocycles. The lowest BCUT2D eigenvalue weighted by atomic mass is 10.0. The maximum absolute atomic E-state index is 11.6. The zero-order valence-corrected chi connectivity index (χ0v) is 11.6. The second-order valence-electron chi connectivity index (χ2n) is 5.26. The molecule has 1 atom stereocenters. The van der Waals surface area contributed by atoms with Crippen LogP contribution >= 0.6 is 0 Å². The Hall–Kier alpha value is -1.62. The van der Waals surface area contributed by atoms with Gasteiger partial charge in [-0.05, 0) is 31.0 Å². The average Bonchev–Trinajstić information content (AvgIpc) is 2.33. The summed E-state index contributed by atoms with van der Waals surface area (Å²) in [5.74, 6) is 0.0282. The summed E-state index contributed by atoms with van der Waals surface area (Å²) in [6.07, 6.45) is 3.91. The predicted molar refractivity (Wildman–Crippen MR) is 73.8 cm³/mol. The second-order valence-corrected chi connectivity index (χ2v) is 5.26. The number of amides is 1. The van der Waals surface area contributed by atoms with E-state index in [9.17, 15) is 9.59 Å². The summed E-state index contributed by atoms with van der Waals surface area (Å²) in [5, 5.41) is 2.97. The van der Waals surface area contributed by atoms with Crippen molar-refractivity contribution in [3.8, 4) is 0 Å². The van der Waals surface area contributed by atoms with Crippen molar-refractivity contribution < 1.29 is 4.79 Å². The lowest BCUT2D eigenvalue weighted by Crippen LogP contribution is -2.46. The maximum Gasteiger partial charge on any atom is 0.250 e. The number of pyridine rings is 1. The maximum atomic E-state index is 11.6. The molecule has 1 fully saturated rings. The van der Waals surface area contributed by atoms with E-state index >= 15 is 0 Å². The van der Waals surface area contributed by atoms with Gasteiger partial charge in [0.25, 0.3) is 5.56 Å². The second kappa shape index (κ2) is 6.02. The molecule has 0 saturated carbocycles. The number of nitrogens with one attached hydrogen (secondary N) is 1. The van der Waals surface area contributed by atoms with Gasteiger partial charge in [-0.2, -0.15) is 0 Å². The number of rotatable bonds is 3. The largest absolute Gasteiger partial charge is 0.352 e. The van der Waals surface area contributed by atoms with Gasteiger partial charge in [0.2, 0.25) is 5.91 Å². The van der Waals surface area contributed by atoms with E-state index in [1.807, 2.05) is 6.07 Å². The van der Waals surface area contributed by atoms with Crippen molar-refractivity contribution in [2.45, 2.75) is 32.4 Å². The van der Waals surface area contributed by atoms with Crippen molar-refractivity contribution in [2.24, 2.45) is 7.05 Å². The monoisotopic (exact) mass is 263 g/mol. The lowest BCUT2D eigenvalue weighted by molar-refractivity contribution is -0.120. The van der Waals surface area contributed by atoms with Crippen LogP contribution in [0.3, 0.4) is 0 Å². The molecule has 0 aliphatic carbocycles. The number of carbonyl (C=O) groups is 1. The molecule has 5 heteroatoms. The van der Waals surface area contributed by atoms with Gasteiger partial charge in [0.15, 0.2) is 0 Å². The molecule has 2 heterocycles. The van der Waals surface area contributed by atoms with Gasteiger partial charge in [-0.3, -0.25) is 14.5 Å². The van der Waals surface area contributed by atoms with Crippen molar-refractivity contribution in [2.75, 3.05) is 13.1 Å². The Morgan fingerprint density at radius 3 is 3.00 bits per heavy atom. The van der Waals surface area contributed by atoms with Gasteiger partial charge in [-0.25, -0.2) is 0 Å². The van der Waals surface area contributed by atoms with E-state index in [2.05, 4.69) is 10.2 Å². The van der Waals surface area contributed by atoms with Crippen LogP contribution in [0.2, 0.25) is 0 Å². The Bertz CT molecular complexity index is 510. The number of hydrogen-bond donors (Lipinski definition) is 1. The van der Waals surface area contributed by atoms with E-state index in [0.717, 1.165) is 38.0 Å². The molecule has 2 rings (SSSR count). The highest BCUT2D eigenvalue weighted by atomic mass is 16.1. The molecule has 0 radical (unpaired) electrons. The van der Waals surface area contributed by atoms with Gasteiger partial charge in [0.05, 0.1) is 0 Å². The Morgan fingerprint density at radius 1 is 1.53 bits per heavy atom.